The topological polar surface area (TPSA) is 117 Å². The summed E-state index contributed by atoms with van der Waals surface area (Å²) in [7, 11) is 3.15. The summed E-state index contributed by atoms with van der Waals surface area (Å²) < 4.78 is 12.4. The number of amides is 1. The summed E-state index contributed by atoms with van der Waals surface area (Å²) in [6.07, 6.45) is 6.96. The Hall–Kier alpha value is -4.14. The number of nitrogens with two attached hydrogens (primary N) is 1. The first-order valence-electron chi connectivity index (χ1n) is 11.7. The number of aromatic nitrogens is 3. The van der Waals surface area contributed by atoms with Crippen molar-refractivity contribution in [1.29, 1.82) is 0 Å². The maximum absolute atomic E-state index is 13.4. The van der Waals surface area contributed by atoms with Gasteiger partial charge in [0.15, 0.2) is 17.1 Å². The molecule has 2 aromatic carbocycles. The van der Waals surface area contributed by atoms with Crippen LogP contribution in [0.25, 0.3) is 22.2 Å². The van der Waals surface area contributed by atoms with Crippen molar-refractivity contribution in [2.45, 2.75) is 38.1 Å². The lowest BCUT2D eigenvalue weighted by Gasteiger charge is -2.22. The van der Waals surface area contributed by atoms with E-state index in [1.807, 2.05) is 36.4 Å². The smallest absolute Gasteiger partial charge is 0.257 e. The Bertz CT molecular complexity index is 1420. The molecule has 4 aromatic rings. The van der Waals surface area contributed by atoms with Crippen molar-refractivity contribution < 1.29 is 14.3 Å². The molecule has 1 aliphatic rings. The van der Waals surface area contributed by atoms with E-state index in [9.17, 15) is 4.79 Å². The lowest BCUT2D eigenvalue weighted by molar-refractivity contribution is 0.0930. The van der Waals surface area contributed by atoms with Crippen LogP contribution in [0, 0.1) is 0 Å². The Morgan fingerprint density at radius 2 is 1.80 bits per heavy atom. The fourth-order valence-corrected chi connectivity index (χ4v) is 4.63. The van der Waals surface area contributed by atoms with Gasteiger partial charge in [0.2, 0.25) is 0 Å². The second kappa shape index (κ2) is 9.61. The van der Waals surface area contributed by atoms with Gasteiger partial charge >= 0.3 is 0 Å². The summed E-state index contributed by atoms with van der Waals surface area (Å²) >= 11 is 0. The monoisotopic (exact) mass is 472 g/mol. The van der Waals surface area contributed by atoms with Crippen LogP contribution in [0.4, 0.5) is 5.82 Å². The average molecular weight is 473 g/mol. The van der Waals surface area contributed by atoms with Crippen LogP contribution in [0.1, 0.15) is 48.0 Å². The second-order valence-corrected chi connectivity index (χ2v) is 8.59. The van der Waals surface area contributed by atoms with Crippen molar-refractivity contribution >= 4 is 40.1 Å². The van der Waals surface area contributed by atoms with Gasteiger partial charge in [-0.2, -0.15) is 9.78 Å². The van der Waals surface area contributed by atoms with Crippen LogP contribution in [-0.2, 0) is 0 Å². The molecule has 0 bridgehead atoms. The molecule has 0 unspecified atom stereocenters. The number of ether oxygens (including phenoxy) is 2. The molecule has 0 aliphatic heterocycles. The molecular weight excluding hydrogens is 444 g/mol. The molecule has 35 heavy (non-hydrogen) atoms. The number of anilines is 1. The average Bonchev–Trinajstić information content (AvgIpc) is 3.16. The zero-order valence-electron chi connectivity index (χ0n) is 19.8. The van der Waals surface area contributed by atoms with Crippen LogP contribution in [0.5, 0.6) is 11.5 Å². The summed E-state index contributed by atoms with van der Waals surface area (Å²) in [4.78, 5) is 22.9. The fourth-order valence-electron chi connectivity index (χ4n) is 4.63. The number of methoxy groups -OCH3 is 2. The summed E-state index contributed by atoms with van der Waals surface area (Å²) in [5.41, 5.74) is 9.71. The highest BCUT2D eigenvalue weighted by molar-refractivity contribution is 6.10. The third kappa shape index (κ3) is 4.25. The molecule has 0 radical (unpaired) electrons. The van der Waals surface area contributed by atoms with E-state index >= 15 is 0 Å². The zero-order valence-corrected chi connectivity index (χ0v) is 19.8. The van der Waals surface area contributed by atoms with Gasteiger partial charge in [-0.3, -0.25) is 4.79 Å². The Balaban J connectivity index is 1.63. The number of fused-ring (bicyclic) bond motifs is 2. The van der Waals surface area contributed by atoms with E-state index in [4.69, 9.17) is 25.2 Å². The number of hydrogen-bond donors (Lipinski definition) is 2. The van der Waals surface area contributed by atoms with Crippen LogP contribution >= 0.6 is 0 Å². The lowest BCUT2D eigenvalue weighted by atomic mass is 9.95. The van der Waals surface area contributed by atoms with Crippen molar-refractivity contribution in [3.8, 4) is 11.5 Å². The third-order valence-electron chi connectivity index (χ3n) is 6.39. The number of carbonyl (C=O) groups is 1. The Labute approximate surface area is 202 Å². The van der Waals surface area contributed by atoms with Crippen LogP contribution in [0.3, 0.4) is 0 Å². The molecule has 2 heterocycles. The molecular formula is C26H28N6O3. The van der Waals surface area contributed by atoms with E-state index in [-0.39, 0.29) is 17.8 Å². The predicted molar refractivity (Wildman–Crippen MR) is 136 cm³/mol. The van der Waals surface area contributed by atoms with Gasteiger partial charge < -0.3 is 20.5 Å². The van der Waals surface area contributed by atoms with Crippen LogP contribution in [-0.4, -0.2) is 47.0 Å². The van der Waals surface area contributed by atoms with Crippen LogP contribution < -0.4 is 20.5 Å². The molecule has 180 valence electrons. The van der Waals surface area contributed by atoms with Crippen LogP contribution in [0.2, 0.25) is 0 Å². The van der Waals surface area contributed by atoms with E-state index in [0.29, 0.717) is 44.8 Å². The quantitative estimate of drug-likeness (QED) is 0.408. The minimum absolute atomic E-state index is 0.131. The first kappa shape index (κ1) is 22.6. The number of carbonyl (C=O) groups excluding carboxylic acids is 1. The van der Waals surface area contributed by atoms with Gasteiger partial charge in [0.05, 0.1) is 31.5 Å². The standard InChI is InChI=1S/C26H28N6O3/c1-34-20-14-8-9-16(23(20)35-2)15-28-32-24(27)21(26(33)29-17-10-4-3-5-11-17)22-25(32)31-19-13-7-6-12-18(19)30-22/h6-9,12-15,17H,3-5,10-11,27H2,1-2H3,(H,29,33)/b28-15-. The first-order chi connectivity index (χ1) is 17.1. The van der Waals surface area contributed by atoms with E-state index in [1.54, 1.807) is 26.5 Å². The first-order valence-corrected chi connectivity index (χ1v) is 11.7. The highest BCUT2D eigenvalue weighted by atomic mass is 16.5. The van der Waals surface area contributed by atoms with E-state index in [0.717, 1.165) is 25.7 Å². The number of hydrogen-bond acceptors (Lipinski definition) is 7. The number of nitrogen functional groups attached to an aromatic ring is 1. The Morgan fingerprint density at radius 1 is 1.06 bits per heavy atom. The molecule has 1 amide bonds. The molecule has 1 fully saturated rings. The summed E-state index contributed by atoms with van der Waals surface area (Å²) in [6, 6.07) is 13.1. The molecule has 0 saturated heterocycles. The van der Waals surface area contributed by atoms with E-state index in [2.05, 4.69) is 10.4 Å². The van der Waals surface area contributed by atoms with Gasteiger partial charge in [0.25, 0.3) is 5.91 Å². The SMILES string of the molecule is COc1cccc(/C=N\n2c(N)c(C(=O)NC3CCCCC3)c3nc4ccccc4nc32)c1OC. The van der Waals surface area contributed by atoms with E-state index < -0.39 is 0 Å². The molecule has 1 saturated carbocycles. The lowest BCUT2D eigenvalue weighted by Crippen LogP contribution is -2.36. The van der Waals surface area contributed by atoms with E-state index in [1.165, 1.54) is 11.1 Å². The largest absolute Gasteiger partial charge is 0.493 e. The van der Waals surface area contributed by atoms with Crippen molar-refractivity contribution in [2.24, 2.45) is 5.10 Å². The number of nitrogens with zero attached hydrogens (tertiary/aromatic N) is 4. The molecule has 0 spiro atoms. The maximum Gasteiger partial charge on any atom is 0.257 e. The molecule has 5 rings (SSSR count). The molecule has 3 N–H and O–H groups in total. The third-order valence-corrected chi connectivity index (χ3v) is 6.39. The highest BCUT2D eigenvalue weighted by Gasteiger charge is 2.26. The molecule has 2 aromatic heterocycles. The summed E-state index contributed by atoms with van der Waals surface area (Å²) in [5, 5.41) is 7.74. The van der Waals surface area contributed by atoms with Crippen LogP contribution in [0.15, 0.2) is 47.6 Å². The van der Waals surface area contributed by atoms with Crippen molar-refractivity contribution in [1.82, 2.24) is 20.0 Å². The Kier molecular flexibility index (Phi) is 6.22. The number of nitrogens with one attached hydrogen (secondary N) is 1. The van der Waals surface area contributed by atoms with Gasteiger partial charge in [-0.25, -0.2) is 9.97 Å². The van der Waals surface area contributed by atoms with Gasteiger partial charge in [0, 0.05) is 11.6 Å². The minimum atomic E-state index is -0.253. The number of rotatable bonds is 6. The maximum atomic E-state index is 13.4. The summed E-state index contributed by atoms with van der Waals surface area (Å²) in [6.45, 7) is 0. The number of para-hydroxylation sites is 3. The van der Waals surface area contributed by atoms with Gasteiger partial charge in [0.1, 0.15) is 16.9 Å². The summed E-state index contributed by atoms with van der Waals surface area (Å²) in [5.74, 6) is 1.05. The normalized spacial score (nSPS) is 14.6. The fraction of sp³-hybridized carbons (Fsp3) is 0.308. The van der Waals surface area contributed by atoms with Crippen molar-refractivity contribution in [3.05, 3.63) is 53.6 Å². The number of benzene rings is 2. The van der Waals surface area contributed by atoms with Crippen molar-refractivity contribution in [2.75, 3.05) is 20.0 Å². The predicted octanol–water partition coefficient (Wildman–Crippen LogP) is 4.13. The molecule has 9 heteroatoms. The highest BCUT2D eigenvalue weighted by Crippen LogP contribution is 2.31. The van der Waals surface area contributed by atoms with Gasteiger partial charge in [-0.05, 0) is 37.1 Å². The minimum Gasteiger partial charge on any atom is -0.493 e. The molecule has 9 nitrogen and oxygen atoms in total. The van der Waals surface area contributed by atoms with Gasteiger partial charge in [-0.1, -0.05) is 37.5 Å². The Morgan fingerprint density at radius 3 is 2.51 bits per heavy atom. The molecule has 0 atom stereocenters. The molecule has 1 aliphatic carbocycles. The second-order valence-electron chi connectivity index (χ2n) is 8.59. The van der Waals surface area contributed by atoms with Crippen molar-refractivity contribution in [3.63, 3.8) is 0 Å². The zero-order chi connectivity index (χ0) is 24.4. The van der Waals surface area contributed by atoms with Gasteiger partial charge in [-0.15, -0.1) is 0 Å².